The lowest BCUT2D eigenvalue weighted by Crippen LogP contribution is -2.39. The SMILES string of the molecule is C=CC(N)Nn1[nH]c(=O)[nH]c1=O. The number of aromatic nitrogens is 3. The van der Waals surface area contributed by atoms with E-state index in [9.17, 15) is 9.59 Å². The van der Waals surface area contributed by atoms with Crippen LogP contribution in [0.3, 0.4) is 0 Å². The van der Waals surface area contributed by atoms with Crippen LogP contribution in [-0.4, -0.2) is 21.0 Å². The number of H-pyrrole nitrogens is 2. The molecular weight excluding hydrogens is 162 g/mol. The lowest BCUT2D eigenvalue weighted by molar-refractivity contribution is 0.659. The van der Waals surface area contributed by atoms with Gasteiger partial charge in [0.2, 0.25) is 0 Å². The predicted molar refractivity (Wildman–Crippen MR) is 43.2 cm³/mol. The maximum atomic E-state index is 10.8. The Labute approximate surface area is 66.8 Å². The molecule has 0 aromatic carbocycles. The van der Waals surface area contributed by atoms with Gasteiger partial charge in [0.05, 0.1) is 0 Å². The third-order valence-corrected chi connectivity index (χ3v) is 1.17. The molecule has 7 heteroatoms. The Balaban J connectivity index is 2.89. The van der Waals surface area contributed by atoms with E-state index >= 15 is 0 Å². The molecule has 66 valence electrons. The highest BCUT2D eigenvalue weighted by molar-refractivity contribution is 4.89. The van der Waals surface area contributed by atoms with Gasteiger partial charge >= 0.3 is 11.4 Å². The predicted octanol–water partition coefficient (Wildman–Crippen LogP) is -2.12. The summed E-state index contributed by atoms with van der Waals surface area (Å²) in [5.74, 6) is 0. The zero-order valence-electron chi connectivity index (χ0n) is 6.20. The second-order valence-electron chi connectivity index (χ2n) is 2.10. The zero-order valence-corrected chi connectivity index (χ0v) is 6.20. The van der Waals surface area contributed by atoms with Crippen molar-refractivity contribution >= 4 is 0 Å². The first-order valence-electron chi connectivity index (χ1n) is 3.19. The van der Waals surface area contributed by atoms with Gasteiger partial charge in [0.25, 0.3) is 0 Å². The Morgan fingerprint density at radius 1 is 1.67 bits per heavy atom. The maximum Gasteiger partial charge on any atom is 0.363 e. The van der Waals surface area contributed by atoms with Crippen molar-refractivity contribution in [2.75, 3.05) is 5.43 Å². The van der Waals surface area contributed by atoms with Crippen LogP contribution in [-0.2, 0) is 0 Å². The summed E-state index contributed by atoms with van der Waals surface area (Å²) in [5, 5.41) is 2.16. The fourth-order valence-corrected chi connectivity index (χ4v) is 0.626. The topological polar surface area (TPSA) is 109 Å². The van der Waals surface area contributed by atoms with Gasteiger partial charge < -0.3 is 5.73 Å². The van der Waals surface area contributed by atoms with Gasteiger partial charge in [0.1, 0.15) is 6.17 Å². The van der Waals surface area contributed by atoms with Crippen molar-refractivity contribution < 1.29 is 0 Å². The molecule has 0 aliphatic rings. The third-order valence-electron chi connectivity index (χ3n) is 1.17. The lowest BCUT2D eigenvalue weighted by Gasteiger charge is -2.08. The molecule has 0 saturated carbocycles. The average molecular weight is 171 g/mol. The van der Waals surface area contributed by atoms with E-state index in [1.807, 2.05) is 4.98 Å². The molecule has 0 bridgehead atoms. The maximum absolute atomic E-state index is 10.8. The van der Waals surface area contributed by atoms with E-state index in [1.165, 1.54) is 6.08 Å². The molecule has 1 unspecified atom stereocenters. The summed E-state index contributed by atoms with van der Waals surface area (Å²) < 4.78 is 0. The second kappa shape index (κ2) is 3.09. The molecule has 12 heavy (non-hydrogen) atoms. The van der Waals surface area contributed by atoms with Crippen LogP contribution >= 0.6 is 0 Å². The largest absolute Gasteiger partial charge is 0.363 e. The van der Waals surface area contributed by atoms with Crippen LogP contribution in [0.4, 0.5) is 0 Å². The Bertz CT molecular complexity index is 372. The van der Waals surface area contributed by atoms with E-state index in [1.54, 1.807) is 0 Å². The normalized spacial score (nSPS) is 12.4. The van der Waals surface area contributed by atoms with Crippen molar-refractivity contribution in [1.82, 2.24) is 14.9 Å². The summed E-state index contributed by atoms with van der Waals surface area (Å²) >= 11 is 0. The summed E-state index contributed by atoms with van der Waals surface area (Å²) in [6.45, 7) is 3.39. The number of rotatable bonds is 3. The minimum atomic E-state index is -0.600. The number of hydrogen-bond acceptors (Lipinski definition) is 4. The Morgan fingerprint density at radius 2 is 2.33 bits per heavy atom. The van der Waals surface area contributed by atoms with Gasteiger partial charge in [-0.1, -0.05) is 12.7 Å². The molecule has 0 amide bonds. The molecular formula is C5H9N5O2. The Morgan fingerprint density at radius 3 is 2.75 bits per heavy atom. The smallest absolute Gasteiger partial charge is 0.307 e. The van der Waals surface area contributed by atoms with Crippen molar-refractivity contribution in [3.8, 4) is 0 Å². The van der Waals surface area contributed by atoms with Crippen LogP contribution in [0.5, 0.6) is 0 Å². The number of nitrogens with one attached hydrogen (secondary N) is 3. The van der Waals surface area contributed by atoms with E-state index in [0.29, 0.717) is 0 Å². The van der Waals surface area contributed by atoms with Crippen molar-refractivity contribution in [2.45, 2.75) is 6.17 Å². The lowest BCUT2D eigenvalue weighted by atomic mass is 10.5. The molecule has 1 rings (SSSR count). The number of aromatic amines is 2. The Hall–Kier alpha value is -1.76. The molecule has 0 fully saturated rings. The molecule has 0 aliphatic heterocycles. The van der Waals surface area contributed by atoms with Crippen molar-refractivity contribution in [2.24, 2.45) is 5.73 Å². The van der Waals surface area contributed by atoms with Gasteiger partial charge in [0.15, 0.2) is 0 Å². The quantitative estimate of drug-likeness (QED) is 0.308. The molecule has 1 aromatic rings. The van der Waals surface area contributed by atoms with E-state index in [-0.39, 0.29) is 0 Å². The van der Waals surface area contributed by atoms with Gasteiger partial charge in [-0.15, -0.1) is 4.79 Å². The van der Waals surface area contributed by atoms with Gasteiger partial charge in [-0.2, -0.15) is 0 Å². The first-order valence-corrected chi connectivity index (χ1v) is 3.19. The third kappa shape index (κ3) is 1.64. The van der Waals surface area contributed by atoms with Crippen LogP contribution < -0.4 is 22.5 Å². The van der Waals surface area contributed by atoms with Crippen LogP contribution in [0.25, 0.3) is 0 Å². The summed E-state index contributed by atoms with van der Waals surface area (Å²) in [5.41, 5.74) is 6.62. The van der Waals surface area contributed by atoms with Crippen LogP contribution in [0.2, 0.25) is 0 Å². The molecule has 1 heterocycles. The van der Waals surface area contributed by atoms with Crippen molar-refractivity contribution in [3.63, 3.8) is 0 Å². The van der Waals surface area contributed by atoms with Gasteiger partial charge in [-0.25, -0.2) is 14.7 Å². The number of nitrogens with zero attached hydrogens (tertiary/aromatic N) is 1. The van der Waals surface area contributed by atoms with E-state index < -0.39 is 17.5 Å². The van der Waals surface area contributed by atoms with Crippen LogP contribution in [0, 0.1) is 0 Å². The second-order valence-corrected chi connectivity index (χ2v) is 2.10. The fourth-order valence-electron chi connectivity index (χ4n) is 0.626. The zero-order chi connectivity index (χ0) is 9.14. The van der Waals surface area contributed by atoms with E-state index in [2.05, 4.69) is 17.1 Å². The molecule has 7 nitrogen and oxygen atoms in total. The molecule has 5 N–H and O–H groups in total. The molecule has 0 radical (unpaired) electrons. The van der Waals surface area contributed by atoms with Gasteiger partial charge in [-0.05, 0) is 0 Å². The van der Waals surface area contributed by atoms with E-state index in [0.717, 1.165) is 4.79 Å². The number of nitrogens with two attached hydrogens (primary N) is 1. The van der Waals surface area contributed by atoms with Crippen molar-refractivity contribution in [1.29, 1.82) is 0 Å². The standard InChI is InChI=1S/C5H9N5O2/c1-2-3(6)8-10-5(12)7-4(11)9-10/h2-3,8H,1,6H2,(H2,7,9,11,12). The minimum Gasteiger partial charge on any atom is -0.307 e. The molecule has 0 spiro atoms. The summed E-state index contributed by atoms with van der Waals surface area (Å²) in [4.78, 5) is 24.2. The molecule has 1 atom stereocenters. The summed E-state index contributed by atoms with van der Waals surface area (Å²) in [6.07, 6.45) is 0.798. The summed E-state index contributed by atoms with van der Waals surface area (Å²) in [7, 11) is 0. The molecule has 0 aliphatic carbocycles. The summed E-state index contributed by atoms with van der Waals surface area (Å²) in [6, 6.07) is 0. The van der Waals surface area contributed by atoms with Crippen LogP contribution in [0.15, 0.2) is 22.2 Å². The average Bonchev–Trinajstić information content (AvgIpc) is 2.30. The number of hydrogen-bond donors (Lipinski definition) is 4. The van der Waals surface area contributed by atoms with E-state index in [4.69, 9.17) is 5.73 Å². The fraction of sp³-hybridized carbons (Fsp3) is 0.200. The highest BCUT2D eigenvalue weighted by Gasteiger charge is 2.00. The first kappa shape index (κ1) is 8.34. The monoisotopic (exact) mass is 171 g/mol. The van der Waals surface area contributed by atoms with Gasteiger partial charge in [-0.3, -0.25) is 10.4 Å². The highest BCUT2D eigenvalue weighted by atomic mass is 16.2. The first-order chi connectivity index (χ1) is 5.63. The van der Waals surface area contributed by atoms with Gasteiger partial charge in [0, 0.05) is 0 Å². The van der Waals surface area contributed by atoms with Crippen LogP contribution in [0.1, 0.15) is 0 Å². The molecule has 0 saturated heterocycles. The van der Waals surface area contributed by atoms with Crippen molar-refractivity contribution in [3.05, 3.63) is 33.6 Å². The highest BCUT2D eigenvalue weighted by Crippen LogP contribution is 1.71. The molecule has 1 aromatic heterocycles. The minimum absolute atomic E-state index is 0.589. The Kier molecular flexibility index (Phi) is 2.15.